The molecular formula is C24H30N6O2. The Morgan fingerprint density at radius 1 is 1.22 bits per heavy atom. The molecule has 0 amide bonds. The second-order valence-corrected chi connectivity index (χ2v) is 8.51. The molecule has 0 spiro atoms. The molecule has 2 saturated heterocycles. The van der Waals surface area contributed by atoms with E-state index >= 15 is 0 Å². The van der Waals surface area contributed by atoms with Gasteiger partial charge in [0.15, 0.2) is 11.5 Å². The maximum atomic E-state index is 5.85. The van der Waals surface area contributed by atoms with Gasteiger partial charge in [-0.15, -0.1) is 0 Å². The van der Waals surface area contributed by atoms with Crippen LogP contribution < -0.4 is 10.3 Å². The third-order valence-electron chi connectivity index (χ3n) is 6.10. The number of anilines is 2. The van der Waals surface area contributed by atoms with Crippen molar-refractivity contribution in [3.05, 3.63) is 47.8 Å². The normalized spacial score (nSPS) is 19.6. The number of imidazole rings is 1. The van der Waals surface area contributed by atoms with Crippen molar-refractivity contribution in [3.8, 4) is 0 Å². The number of nitrogens with one attached hydrogen (secondary N) is 1. The average Bonchev–Trinajstić information content (AvgIpc) is 3.48. The fourth-order valence-electron chi connectivity index (χ4n) is 4.34. The predicted molar refractivity (Wildman–Crippen MR) is 127 cm³/mol. The molecule has 2 fully saturated rings. The fourth-order valence-corrected chi connectivity index (χ4v) is 4.34. The Morgan fingerprint density at radius 2 is 2.09 bits per heavy atom. The summed E-state index contributed by atoms with van der Waals surface area (Å²) in [5, 5.41) is 4.62. The Balaban J connectivity index is 1.48. The lowest BCUT2D eigenvalue weighted by atomic mass is 10.1. The van der Waals surface area contributed by atoms with Crippen molar-refractivity contribution in [2.24, 2.45) is 5.10 Å². The van der Waals surface area contributed by atoms with E-state index < -0.39 is 0 Å². The number of hydrogen-bond acceptors (Lipinski definition) is 7. The first-order chi connectivity index (χ1) is 15.7. The molecule has 2 aromatic heterocycles. The van der Waals surface area contributed by atoms with Crippen LogP contribution in [0, 0.1) is 6.92 Å². The van der Waals surface area contributed by atoms with Crippen LogP contribution in [0.25, 0.3) is 11.2 Å². The van der Waals surface area contributed by atoms with Gasteiger partial charge in [0.1, 0.15) is 5.52 Å². The number of rotatable bonds is 6. The van der Waals surface area contributed by atoms with E-state index in [-0.39, 0.29) is 6.10 Å². The van der Waals surface area contributed by atoms with E-state index in [4.69, 9.17) is 19.4 Å². The van der Waals surface area contributed by atoms with Gasteiger partial charge >= 0.3 is 0 Å². The lowest BCUT2D eigenvalue weighted by Crippen LogP contribution is -2.36. The van der Waals surface area contributed by atoms with E-state index in [1.807, 2.05) is 25.4 Å². The predicted octanol–water partition coefficient (Wildman–Crippen LogP) is 3.59. The third-order valence-corrected chi connectivity index (χ3v) is 6.10. The van der Waals surface area contributed by atoms with Gasteiger partial charge in [-0.3, -0.25) is 5.43 Å². The van der Waals surface area contributed by atoms with Crippen molar-refractivity contribution in [2.45, 2.75) is 39.3 Å². The van der Waals surface area contributed by atoms with Crippen LogP contribution >= 0.6 is 0 Å². The van der Waals surface area contributed by atoms with E-state index in [0.29, 0.717) is 19.0 Å². The Bertz CT molecular complexity index is 1110. The Morgan fingerprint density at radius 3 is 2.88 bits per heavy atom. The van der Waals surface area contributed by atoms with Crippen molar-refractivity contribution in [1.82, 2.24) is 14.5 Å². The molecule has 0 saturated carbocycles. The average molecular weight is 435 g/mol. The minimum absolute atomic E-state index is 0.222. The first kappa shape index (κ1) is 20.9. The van der Waals surface area contributed by atoms with Gasteiger partial charge in [-0.05, 0) is 32.3 Å². The molecule has 2 aliphatic rings. The quantitative estimate of drug-likeness (QED) is 0.472. The maximum absolute atomic E-state index is 5.85. The molecule has 5 rings (SSSR count). The van der Waals surface area contributed by atoms with Gasteiger partial charge in [0, 0.05) is 25.8 Å². The molecule has 0 aliphatic carbocycles. The molecule has 0 bridgehead atoms. The SMILES string of the molecule is C/C(=N\Nc1cc(N2CCOCC2)c2ncn(C[C@H]3CCCO3)c2n1)c1cccc(C)c1. The first-order valence-electron chi connectivity index (χ1n) is 11.3. The number of ether oxygens (including phenoxy) is 2. The van der Waals surface area contributed by atoms with Gasteiger partial charge in [0.2, 0.25) is 0 Å². The number of hydrogen-bond donors (Lipinski definition) is 1. The van der Waals surface area contributed by atoms with Gasteiger partial charge in [0.25, 0.3) is 0 Å². The van der Waals surface area contributed by atoms with Gasteiger partial charge in [-0.1, -0.05) is 29.8 Å². The fraction of sp³-hybridized carbons (Fsp3) is 0.458. The molecule has 0 unspecified atom stereocenters. The van der Waals surface area contributed by atoms with Crippen LogP contribution in [0.4, 0.5) is 11.5 Å². The molecule has 8 nitrogen and oxygen atoms in total. The molecule has 32 heavy (non-hydrogen) atoms. The van der Waals surface area contributed by atoms with Crippen LogP contribution in [0.3, 0.4) is 0 Å². The summed E-state index contributed by atoms with van der Waals surface area (Å²) in [7, 11) is 0. The second kappa shape index (κ2) is 9.26. The molecule has 8 heteroatoms. The topological polar surface area (TPSA) is 76.8 Å². The van der Waals surface area contributed by atoms with E-state index in [9.17, 15) is 0 Å². The molecule has 168 valence electrons. The number of aryl methyl sites for hydroxylation is 1. The highest BCUT2D eigenvalue weighted by atomic mass is 16.5. The highest BCUT2D eigenvalue weighted by Crippen LogP contribution is 2.29. The Hall–Kier alpha value is -2.97. The van der Waals surface area contributed by atoms with Gasteiger partial charge < -0.3 is 18.9 Å². The smallest absolute Gasteiger partial charge is 0.164 e. The number of pyridine rings is 1. The molecule has 0 radical (unpaired) electrons. The summed E-state index contributed by atoms with van der Waals surface area (Å²) in [5.74, 6) is 0.708. The number of benzene rings is 1. The van der Waals surface area contributed by atoms with Crippen LogP contribution in [0.15, 0.2) is 41.8 Å². The number of hydrazone groups is 1. The summed E-state index contributed by atoms with van der Waals surface area (Å²) in [4.78, 5) is 11.9. The number of morpholine rings is 1. The molecule has 1 N–H and O–H groups in total. The molecule has 1 aromatic carbocycles. The van der Waals surface area contributed by atoms with Gasteiger partial charge in [-0.25, -0.2) is 9.97 Å². The van der Waals surface area contributed by atoms with Crippen LogP contribution in [-0.2, 0) is 16.0 Å². The molecular weight excluding hydrogens is 404 g/mol. The highest BCUT2D eigenvalue weighted by Gasteiger charge is 2.22. The van der Waals surface area contributed by atoms with Crippen molar-refractivity contribution in [1.29, 1.82) is 0 Å². The summed E-state index contributed by atoms with van der Waals surface area (Å²) < 4.78 is 13.5. The standard InChI is InChI=1S/C24H30N6O2/c1-17-5-3-6-19(13-17)18(2)27-28-22-14-21(29-8-11-31-12-9-29)23-24(26-22)30(16-25-23)15-20-7-4-10-32-20/h3,5-6,13-14,16,20H,4,7-12,15H2,1-2H3,(H,26,28)/b27-18+/t20-/m1/s1. The first-order valence-corrected chi connectivity index (χ1v) is 11.3. The summed E-state index contributed by atoms with van der Waals surface area (Å²) in [6, 6.07) is 10.4. The molecule has 4 heterocycles. The van der Waals surface area contributed by atoms with Crippen molar-refractivity contribution < 1.29 is 9.47 Å². The van der Waals surface area contributed by atoms with E-state index in [2.05, 4.69) is 45.1 Å². The summed E-state index contributed by atoms with van der Waals surface area (Å²) in [6.45, 7) is 8.80. The molecule has 1 atom stereocenters. The van der Waals surface area contributed by atoms with E-state index in [1.54, 1.807) is 0 Å². The van der Waals surface area contributed by atoms with Crippen molar-refractivity contribution in [2.75, 3.05) is 43.2 Å². The van der Waals surface area contributed by atoms with Gasteiger partial charge in [0.05, 0.1) is 43.6 Å². The lowest BCUT2D eigenvalue weighted by Gasteiger charge is -2.29. The summed E-state index contributed by atoms with van der Waals surface area (Å²) in [6.07, 6.45) is 4.30. The summed E-state index contributed by atoms with van der Waals surface area (Å²) in [5.41, 5.74) is 9.24. The zero-order valence-electron chi connectivity index (χ0n) is 18.8. The van der Waals surface area contributed by atoms with E-state index in [1.165, 1.54) is 5.56 Å². The minimum Gasteiger partial charge on any atom is -0.378 e. The Kier molecular flexibility index (Phi) is 6.05. The zero-order valence-corrected chi connectivity index (χ0v) is 18.8. The number of fused-ring (bicyclic) bond motifs is 1. The number of aromatic nitrogens is 3. The van der Waals surface area contributed by atoms with Crippen LogP contribution in [-0.4, -0.2) is 59.3 Å². The highest BCUT2D eigenvalue weighted by molar-refractivity contribution is 5.99. The zero-order chi connectivity index (χ0) is 21.9. The minimum atomic E-state index is 0.222. The lowest BCUT2D eigenvalue weighted by molar-refractivity contribution is 0.0978. The summed E-state index contributed by atoms with van der Waals surface area (Å²) >= 11 is 0. The third kappa shape index (κ3) is 4.47. The number of nitrogens with zero attached hydrogens (tertiary/aromatic N) is 5. The van der Waals surface area contributed by atoms with Crippen molar-refractivity contribution >= 4 is 28.4 Å². The van der Waals surface area contributed by atoms with Gasteiger partial charge in [-0.2, -0.15) is 5.10 Å². The molecule has 3 aromatic rings. The maximum Gasteiger partial charge on any atom is 0.164 e. The second-order valence-electron chi connectivity index (χ2n) is 8.51. The van der Waals surface area contributed by atoms with Crippen LogP contribution in [0.1, 0.15) is 30.9 Å². The monoisotopic (exact) mass is 434 g/mol. The Labute approximate surface area is 188 Å². The van der Waals surface area contributed by atoms with Crippen molar-refractivity contribution in [3.63, 3.8) is 0 Å². The van der Waals surface area contributed by atoms with Crippen LogP contribution in [0.2, 0.25) is 0 Å². The van der Waals surface area contributed by atoms with E-state index in [0.717, 1.165) is 67.2 Å². The largest absolute Gasteiger partial charge is 0.378 e. The molecule has 2 aliphatic heterocycles. The van der Waals surface area contributed by atoms with Crippen LogP contribution in [0.5, 0.6) is 0 Å².